The zero-order valence-corrected chi connectivity index (χ0v) is 17.7. The molecule has 0 fully saturated rings. The number of aromatic nitrogens is 4. The molecule has 0 aliphatic carbocycles. The summed E-state index contributed by atoms with van der Waals surface area (Å²) >= 11 is 0. The van der Waals surface area contributed by atoms with Gasteiger partial charge in [-0.1, -0.05) is 43.3 Å². The van der Waals surface area contributed by atoms with E-state index in [4.69, 9.17) is 4.74 Å². The summed E-state index contributed by atoms with van der Waals surface area (Å²) < 4.78 is 7.37. The molecular formula is C23H29N5O. The highest BCUT2D eigenvalue weighted by molar-refractivity contribution is 5.34. The molecule has 2 heterocycles. The lowest BCUT2D eigenvalue weighted by Crippen LogP contribution is -2.38. The molecule has 0 radical (unpaired) electrons. The van der Waals surface area contributed by atoms with Crippen molar-refractivity contribution in [2.45, 2.75) is 51.7 Å². The van der Waals surface area contributed by atoms with Gasteiger partial charge in [-0.25, -0.2) is 4.68 Å². The molecule has 0 spiro atoms. The highest BCUT2D eigenvalue weighted by Gasteiger charge is 2.34. The zero-order chi connectivity index (χ0) is 20.4. The number of fused-ring (bicyclic) bond motifs is 1. The molecule has 1 atom stereocenters. The average molecular weight is 392 g/mol. The molecule has 6 nitrogen and oxygen atoms in total. The largest absolute Gasteiger partial charge is 0.497 e. The summed E-state index contributed by atoms with van der Waals surface area (Å²) in [6.07, 6.45) is 1.98. The Morgan fingerprint density at radius 1 is 1.07 bits per heavy atom. The number of hydrogen-bond acceptors (Lipinski definition) is 5. The number of ether oxygens (including phenoxy) is 1. The van der Waals surface area contributed by atoms with Crippen LogP contribution in [0.1, 0.15) is 55.7 Å². The van der Waals surface area contributed by atoms with Gasteiger partial charge in [0.15, 0.2) is 5.82 Å². The Morgan fingerprint density at radius 3 is 2.48 bits per heavy atom. The standard InChI is InChI=1S/C23H29N5O/c1-5-23(2,3)28-22(24-25-26-28)21(18-10-12-20(29-4)13-11-18)27-15-14-17-8-6-7-9-19(17)16-27/h6-13,21H,5,14-16H2,1-4H3/t21-/m0/s1. The van der Waals surface area contributed by atoms with Crippen molar-refractivity contribution in [1.82, 2.24) is 25.1 Å². The van der Waals surface area contributed by atoms with E-state index in [9.17, 15) is 0 Å². The van der Waals surface area contributed by atoms with Crippen molar-refractivity contribution in [2.24, 2.45) is 0 Å². The highest BCUT2D eigenvalue weighted by Crippen LogP contribution is 2.34. The van der Waals surface area contributed by atoms with Gasteiger partial charge in [-0.15, -0.1) is 5.10 Å². The molecule has 29 heavy (non-hydrogen) atoms. The third-order valence-electron chi connectivity index (χ3n) is 6.13. The number of nitrogens with zero attached hydrogens (tertiary/aromatic N) is 5. The Labute approximate surface area is 172 Å². The van der Waals surface area contributed by atoms with Gasteiger partial charge in [-0.2, -0.15) is 0 Å². The van der Waals surface area contributed by atoms with Gasteiger partial charge in [-0.05, 0) is 65.9 Å². The summed E-state index contributed by atoms with van der Waals surface area (Å²) in [4.78, 5) is 2.48. The van der Waals surface area contributed by atoms with Crippen LogP contribution in [-0.2, 0) is 18.5 Å². The van der Waals surface area contributed by atoms with Crippen LogP contribution in [-0.4, -0.2) is 38.8 Å². The normalized spacial score (nSPS) is 15.7. The van der Waals surface area contributed by atoms with Crippen LogP contribution in [0.3, 0.4) is 0 Å². The number of tetrazole rings is 1. The summed E-state index contributed by atoms with van der Waals surface area (Å²) in [6.45, 7) is 8.39. The molecule has 0 saturated carbocycles. The maximum absolute atomic E-state index is 5.37. The van der Waals surface area contributed by atoms with Gasteiger partial charge in [0.1, 0.15) is 5.75 Å². The van der Waals surface area contributed by atoms with Gasteiger partial charge >= 0.3 is 0 Å². The average Bonchev–Trinajstić information content (AvgIpc) is 3.25. The fraction of sp³-hybridized carbons (Fsp3) is 0.435. The van der Waals surface area contributed by atoms with Crippen molar-refractivity contribution >= 4 is 0 Å². The highest BCUT2D eigenvalue weighted by atomic mass is 16.5. The van der Waals surface area contributed by atoms with E-state index >= 15 is 0 Å². The Morgan fingerprint density at radius 2 is 1.79 bits per heavy atom. The molecule has 6 heteroatoms. The van der Waals surface area contributed by atoms with Gasteiger partial charge in [0.25, 0.3) is 0 Å². The summed E-state index contributed by atoms with van der Waals surface area (Å²) in [7, 11) is 1.69. The molecule has 4 rings (SSSR count). The zero-order valence-electron chi connectivity index (χ0n) is 17.7. The molecule has 1 aliphatic rings. The van der Waals surface area contributed by atoms with Gasteiger partial charge in [-0.3, -0.25) is 4.90 Å². The lowest BCUT2D eigenvalue weighted by Gasteiger charge is -2.36. The molecule has 0 saturated heterocycles. The second kappa shape index (κ2) is 7.95. The molecular weight excluding hydrogens is 362 g/mol. The van der Waals surface area contributed by atoms with Crippen LogP contribution in [0.4, 0.5) is 0 Å². The lowest BCUT2D eigenvalue weighted by molar-refractivity contribution is 0.181. The van der Waals surface area contributed by atoms with E-state index in [-0.39, 0.29) is 11.6 Å². The van der Waals surface area contributed by atoms with E-state index < -0.39 is 0 Å². The number of hydrogen-bond donors (Lipinski definition) is 0. The maximum atomic E-state index is 5.37. The second-order valence-electron chi connectivity index (χ2n) is 8.28. The number of rotatable bonds is 6. The molecule has 1 aliphatic heterocycles. The Balaban J connectivity index is 1.78. The van der Waals surface area contributed by atoms with E-state index in [0.717, 1.165) is 37.5 Å². The summed E-state index contributed by atoms with van der Waals surface area (Å²) in [6, 6.07) is 17.0. The van der Waals surface area contributed by atoms with Gasteiger partial charge < -0.3 is 4.74 Å². The predicted octanol–water partition coefficient (Wildman–Crippen LogP) is 3.97. The smallest absolute Gasteiger partial charge is 0.173 e. The minimum absolute atomic E-state index is 0.0184. The first kappa shape index (κ1) is 19.6. The topological polar surface area (TPSA) is 56.1 Å². The van der Waals surface area contributed by atoms with Crippen LogP contribution >= 0.6 is 0 Å². The second-order valence-corrected chi connectivity index (χ2v) is 8.28. The first-order chi connectivity index (χ1) is 14.0. The predicted molar refractivity (Wildman–Crippen MR) is 113 cm³/mol. The molecule has 0 amide bonds. The molecule has 152 valence electrons. The van der Waals surface area contributed by atoms with Crippen molar-refractivity contribution in [1.29, 1.82) is 0 Å². The van der Waals surface area contributed by atoms with Crippen molar-refractivity contribution in [3.63, 3.8) is 0 Å². The van der Waals surface area contributed by atoms with E-state index in [0.29, 0.717) is 0 Å². The minimum Gasteiger partial charge on any atom is -0.497 e. The number of benzene rings is 2. The summed E-state index contributed by atoms with van der Waals surface area (Å²) in [5.74, 6) is 1.74. The summed E-state index contributed by atoms with van der Waals surface area (Å²) in [5, 5.41) is 13.0. The SMILES string of the molecule is CCC(C)(C)n1nnnc1[C@H](c1ccc(OC)cc1)N1CCc2ccccc2C1. The first-order valence-corrected chi connectivity index (χ1v) is 10.3. The Kier molecular flexibility index (Phi) is 5.37. The van der Waals surface area contributed by atoms with Gasteiger partial charge in [0, 0.05) is 13.1 Å². The third kappa shape index (κ3) is 3.77. The first-order valence-electron chi connectivity index (χ1n) is 10.3. The van der Waals surface area contributed by atoms with E-state index in [1.54, 1.807) is 7.11 Å². The molecule has 2 aromatic carbocycles. The van der Waals surface area contributed by atoms with Crippen molar-refractivity contribution in [3.8, 4) is 5.75 Å². The van der Waals surface area contributed by atoms with Crippen molar-refractivity contribution < 1.29 is 4.74 Å². The molecule has 0 bridgehead atoms. The monoisotopic (exact) mass is 391 g/mol. The third-order valence-corrected chi connectivity index (χ3v) is 6.13. The van der Waals surface area contributed by atoms with Gasteiger partial charge in [0.2, 0.25) is 0 Å². The molecule has 0 unspecified atom stereocenters. The molecule has 0 N–H and O–H groups in total. The van der Waals surface area contributed by atoms with Crippen LogP contribution in [0.5, 0.6) is 5.75 Å². The Hall–Kier alpha value is -2.73. The molecule has 1 aromatic heterocycles. The quantitative estimate of drug-likeness (QED) is 0.636. The minimum atomic E-state index is -0.156. The molecule has 3 aromatic rings. The van der Waals surface area contributed by atoms with Crippen LogP contribution < -0.4 is 4.74 Å². The van der Waals surface area contributed by atoms with E-state index in [1.807, 2.05) is 16.8 Å². The van der Waals surface area contributed by atoms with Crippen molar-refractivity contribution in [2.75, 3.05) is 13.7 Å². The maximum Gasteiger partial charge on any atom is 0.173 e. The van der Waals surface area contributed by atoms with Crippen LogP contribution in [0, 0.1) is 0 Å². The van der Waals surface area contributed by atoms with Crippen LogP contribution in [0.25, 0.3) is 0 Å². The summed E-state index contributed by atoms with van der Waals surface area (Å²) in [5.41, 5.74) is 3.84. The lowest BCUT2D eigenvalue weighted by atomic mass is 9.95. The van der Waals surface area contributed by atoms with E-state index in [2.05, 4.69) is 77.6 Å². The van der Waals surface area contributed by atoms with Crippen molar-refractivity contribution in [3.05, 3.63) is 71.0 Å². The van der Waals surface area contributed by atoms with Gasteiger partial charge in [0.05, 0.1) is 18.7 Å². The van der Waals surface area contributed by atoms with Crippen LogP contribution in [0.2, 0.25) is 0 Å². The fourth-order valence-corrected chi connectivity index (χ4v) is 3.99. The number of methoxy groups -OCH3 is 1. The Bertz CT molecular complexity index is 963. The van der Waals surface area contributed by atoms with Crippen LogP contribution in [0.15, 0.2) is 48.5 Å². The van der Waals surface area contributed by atoms with E-state index in [1.165, 1.54) is 16.7 Å². The fourth-order valence-electron chi connectivity index (χ4n) is 3.99.